The topological polar surface area (TPSA) is 63.3 Å². The summed E-state index contributed by atoms with van der Waals surface area (Å²) < 4.78 is 0. The van der Waals surface area contributed by atoms with E-state index in [-0.39, 0.29) is 0 Å². The van der Waals surface area contributed by atoms with Crippen LogP contribution in [-0.4, -0.2) is 17.1 Å². The van der Waals surface area contributed by atoms with Crippen molar-refractivity contribution in [2.24, 2.45) is 5.73 Å². The van der Waals surface area contributed by atoms with Gasteiger partial charge in [-0.3, -0.25) is 4.79 Å². The molecule has 4 heteroatoms. The molecule has 0 spiro atoms. The van der Waals surface area contributed by atoms with Gasteiger partial charge in [0, 0.05) is 15.2 Å². The molecule has 1 unspecified atom stereocenters. The van der Waals surface area contributed by atoms with Gasteiger partial charge in [-0.2, -0.15) is 0 Å². The molecule has 78 valence electrons. The quantitative estimate of drug-likeness (QED) is 0.804. The van der Waals surface area contributed by atoms with Crippen molar-refractivity contribution in [3.05, 3.63) is 21.9 Å². The normalized spacial score (nSPS) is 14.0. The van der Waals surface area contributed by atoms with Crippen LogP contribution in [0, 0.1) is 6.92 Å². The molecule has 3 nitrogen and oxygen atoms in total. The van der Waals surface area contributed by atoms with Crippen LogP contribution in [0.5, 0.6) is 0 Å². The van der Waals surface area contributed by atoms with Crippen LogP contribution in [0.25, 0.3) is 0 Å². The number of nitrogens with two attached hydrogens (primary N) is 1. The maximum absolute atomic E-state index is 10.8. The lowest BCUT2D eigenvalue weighted by Gasteiger charge is -2.27. The minimum atomic E-state index is -0.957. The fourth-order valence-corrected chi connectivity index (χ4v) is 2.25. The standard InChI is InChI=1S/C10H15NO2S/c1-6-4-5-7(14-6)10(2,3)8(11)9(12)13/h4-5,8H,11H2,1-3H3,(H,12,13). The lowest BCUT2D eigenvalue weighted by Crippen LogP contribution is -2.46. The highest BCUT2D eigenvalue weighted by molar-refractivity contribution is 7.12. The van der Waals surface area contributed by atoms with Crippen molar-refractivity contribution in [1.29, 1.82) is 0 Å². The van der Waals surface area contributed by atoms with Gasteiger partial charge in [-0.15, -0.1) is 11.3 Å². The summed E-state index contributed by atoms with van der Waals surface area (Å²) in [5, 5.41) is 8.87. The number of thiophene rings is 1. The number of aryl methyl sites for hydroxylation is 1. The van der Waals surface area contributed by atoms with E-state index in [1.807, 2.05) is 32.9 Å². The van der Waals surface area contributed by atoms with E-state index < -0.39 is 17.4 Å². The van der Waals surface area contributed by atoms with E-state index in [1.165, 1.54) is 4.88 Å². The Morgan fingerprint density at radius 1 is 1.57 bits per heavy atom. The highest BCUT2D eigenvalue weighted by Crippen LogP contribution is 2.31. The Morgan fingerprint density at radius 2 is 2.14 bits per heavy atom. The minimum absolute atomic E-state index is 0.509. The Morgan fingerprint density at radius 3 is 2.50 bits per heavy atom. The molecule has 0 saturated carbocycles. The van der Waals surface area contributed by atoms with E-state index >= 15 is 0 Å². The lowest BCUT2D eigenvalue weighted by atomic mass is 9.83. The molecule has 1 atom stereocenters. The van der Waals surface area contributed by atoms with Gasteiger partial charge < -0.3 is 10.8 Å². The zero-order valence-electron chi connectivity index (χ0n) is 8.57. The van der Waals surface area contributed by atoms with E-state index in [4.69, 9.17) is 10.8 Å². The van der Waals surface area contributed by atoms with Gasteiger partial charge in [0.05, 0.1) is 0 Å². The predicted molar refractivity (Wildman–Crippen MR) is 57.7 cm³/mol. The van der Waals surface area contributed by atoms with E-state index in [9.17, 15) is 4.79 Å². The van der Waals surface area contributed by atoms with Crippen molar-refractivity contribution in [3.63, 3.8) is 0 Å². The Labute approximate surface area is 87.6 Å². The molecular formula is C10H15NO2S. The summed E-state index contributed by atoms with van der Waals surface area (Å²) in [4.78, 5) is 13.0. The largest absolute Gasteiger partial charge is 0.480 e. The first kappa shape index (κ1) is 11.2. The second-order valence-corrected chi connectivity index (χ2v) is 5.24. The number of carboxylic acid groups (broad SMARTS) is 1. The Kier molecular flexibility index (Phi) is 2.97. The molecule has 0 radical (unpaired) electrons. The molecule has 0 bridgehead atoms. The molecule has 3 N–H and O–H groups in total. The molecule has 0 aliphatic heterocycles. The summed E-state index contributed by atoms with van der Waals surface area (Å²) in [6.45, 7) is 5.71. The minimum Gasteiger partial charge on any atom is -0.480 e. The molecule has 0 saturated heterocycles. The van der Waals surface area contributed by atoms with Gasteiger partial charge in [-0.1, -0.05) is 13.8 Å². The first-order chi connectivity index (χ1) is 6.35. The third-order valence-electron chi connectivity index (χ3n) is 2.42. The zero-order valence-corrected chi connectivity index (χ0v) is 9.39. The SMILES string of the molecule is Cc1ccc(C(C)(C)C(N)C(=O)O)s1. The number of rotatable bonds is 3. The number of carboxylic acids is 1. The number of hydrogen-bond acceptors (Lipinski definition) is 3. The Hall–Kier alpha value is -0.870. The molecule has 1 heterocycles. The summed E-state index contributed by atoms with van der Waals surface area (Å²) in [5.41, 5.74) is 5.13. The van der Waals surface area contributed by atoms with Crippen LogP contribution in [-0.2, 0) is 10.2 Å². The molecule has 1 aromatic rings. The van der Waals surface area contributed by atoms with Crippen LogP contribution in [0.15, 0.2) is 12.1 Å². The van der Waals surface area contributed by atoms with Gasteiger partial charge in [-0.05, 0) is 19.1 Å². The molecule has 0 aliphatic rings. The summed E-state index contributed by atoms with van der Waals surface area (Å²) >= 11 is 1.60. The smallest absolute Gasteiger partial charge is 0.321 e. The molecule has 0 fully saturated rings. The van der Waals surface area contributed by atoms with E-state index in [0.717, 1.165) is 4.88 Å². The van der Waals surface area contributed by atoms with E-state index in [2.05, 4.69) is 0 Å². The van der Waals surface area contributed by atoms with Crippen molar-refractivity contribution in [2.75, 3.05) is 0 Å². The molecule has 1 aromatic heterocycles. The van der Waals surface area contributed by atoms with Gasteiger partial charge in [0.2, 0.25) is 0 Å². The van der Waals surface area contributed by atoms with Crippen LogP contribution >= 0.6 is 11.3 Å². The van der Waals surface area contributed by atoms with Gasteiger partial charge >= 0.3 is 5.97 Å². The van der Waals surface area contributed by atoms with Crippen LogP contribution in [0.4, 0.5) is 0 Å². The van der Waals surface area contributed by atoms with Crippen LogP contribution in [0.2, 0.25) is 0 Å². The maximum Gasteiger partial charge on any atom is 0.321 e. The molecular weight excluding hydrogens is 198 g/mol. The molecule has 1 rings (SSSR count). The maximum atomic E-state index is 10.8. The van der Waals surface area contributed by atoms with Gasteiger partial charge in [0.15, 0.2) is 0 Å². The fraction of sp³-hybridized carbons (Fsp3) is 0.500. The summed E-state index contributed by atoms with van der Waals surface area (Å²) in [7, 11) is 0. The van der Waals surface area contributed by atoms with Crippen LogP contribution < -0.4 is 5.73 Å². The van der Waals surface area contributed by atoms with Crippen molar-refractivity contribution >= 4 is 17.3 Å². The van der Waals surface area contributed by atoms with Crippen molar-refractivity contribution in [1.82, 2.24) is 0 Å². The summed E-state index contributed by atoms with van der Waals surface area (Å²) in [6.07, 6.45) is 0. The third-order valence-corrected chi connectivity index (χ3v) is 3.76. The van der Waals surface area contributed by atoms with Gasteiger partial charge in [-0.25, -0.2) is 0 Å². The Balaban J connectivity index is 3.01. The van der Waals surface area contributed by atoms with Crippen LogP contribution in [0.3, 0.4) is 0 Å². The average molecular weight is 213 g/mol. The monoisotopic (exact) mass is 213 g/mol. The molecule has 14 heavy (non-hydrogen) atoms. The molecule has 0 aromatic carbocycles. The second-order valence-electron chi connectivity index (χ2n) is 3.95. The van der Waals surface area contributed by atoms with Crippen molar-refractivity contribution in [3.8, 4) is 0 Å². The van der Waals surface area contributed by atoms with E-state index in [0.29, 0.717) is 0 Å². The van der Waals surface area contributed by atoms with Crippen LogP contribution in [0.1, 0.15) is 23.6 Å². The third kappa shape index (κ3) is 1.96. The molecule has 0 aliphatic carbocycles. The first-order valence-corrected chi connectivity index (χ1v) is 5.22. The Bertz CT molecular complexity index is 344. The molecule has 0 amide bonds. The number of aliphatic carboxylic acids is 1. The number of carbonyl (C=O) groups is 1. The van der Waals surface area contributed by atoms with E-state index in [1.54, 1.807) is 11.3 Å². The van der Waals surface area contributed by atoms with Crippen molar-refractivity contribution < 1.29 is 9.90 Å². The highest BCUT2D eigenvalue weighted by Gasteiger charge is 2.34. The first-order valence-electron chi connectivity index (χ1n) is 4.41. The summed E-state index contributed by atoms with van der Waals surface area (Å²) in [6, 6.07) is 3.07. The summed E-state index contributed by atoms with van der Waals surface area (Å²) in [5.74, 6) is -0.957. The average Bonchev–Trinajstić information content (AvgIpc) is 2.50. The van der Waals surface area contributed by atoms with Gasteiger partial charge in [0.25, 0.3) is 0 Å². The zero-order chi connectivity index (χ0) is 10.9. The lowest BCUT2D eigenvalue weighted by molar-refractivity contribution is -0.140. The fourth-order valence-electron chi connectivity index (χ4n) is 1.24. The highest BCUT2D eigenvalue weighted by atomic mass is 32.1. The van der Waals surface area contributed by atoms with Gasteiger partial charge in [0.1, 0.15) is 6.04 Å². The number of hydrogen-bond donors (Lipinski definition) is 2. The van der Waals surface area contributed by atoms with Crippen molar-refractivity contribution in [2.45, 2.75) is 32.2 Å². The second kappa shape index (κ2) is 3.71. The predicted octanol–water partition coefficient (Wildman–Crippen LogP) is 1.75.